The predicted octanol–water partition coefficient (Wildman–Crippen LogP) is -0.0609. The van der Waals surface area contributed by atoms with Gasteiger partial charge < -0.3 is 20.2 Å². The number of esters is 1. The fourth-order valence-electron chi connectivity index (χ4n) is 1.66. The van der Waals surface area contributed by atoms with E-state index in [-0.39, 0.29) is 37.8 Å². The second-order valence-corrected chi connectivity index (χ2v) is 4.78. The van der Waals surface area contributed by atoms with Crippen LogP contribution in [0, 0.1) is 10.1 Å². The van der Waals surface area contributed by atoms with Gasteiger partial charge in [-0.15, -0.1) is 10.1 Å². The maximum atomic E-state index is 11.5. The van der Waals surface area contributed by atoms with Crippen molar-refractivity contribution >= 4 is 17.8 Å². The summed E-state index contributed by atoms with van der Waals surface area (Å²) in [6, 6.07) is -0.732. The smallest absolute Gasteiger partial charge is 0.328 e. The van der Waals surface area contributed by atoms with Crippen molar-refractivity contribution in [1.29, 1.82) is 0 Å². The fourth-order valence-corrected chi connectivity index (χ4v) is 1.66. The number of ether oxygens (including phenoxy) is 1. The number of nitrogens with one attached hydrogen (secondary N) is 2. The molecule has 10 nitrogen and oxygen atoms in total. The van der Waals surface area contributed by atoms with Gasteiger partial charge in [-0.1, -0.05) is 6.42 Å². The Hall–Kier alpha value is -2.39. The molecule has 2 amide bonds. The molecule has 1 unspecified atom stereocenters. The van der Waals surface area contributed by atoms with Crippen molar-refractivity contribution in [1.82, 2.24) is 10.6 Å². The molecule has 0 heterocycles. The Morgan fingerprint density at radius 1 is 1.13 bits per heavy atom. The van der Waals surface area contributed by atoms with Crippen LogP contribution in [0.4, 0.5) is 0 Å². The highest BCUT2D eigenvalue weighted by atomic mass is 16.9. The third-order valence-electron chi connectivity index (χ3n) is 2.85. The fraction of sp³-hybridized carbons (Fsp3) is 0.769. The van der Waals surface area contributed by atoms with Crippen molar-refractivity contribution in [2.45, 2.75) is 45.1 Å². The molecule has 0 aliphatic heterocycles. The number of hydrogen-bond donors (Lipinski definition) is 2. The lowest BCUT2D eigenvalue weighted by molar-refractivity contribution is -0.757. The average molecular weight is 333 g/mol. The van der Waals surface area contributed by atoms with E-state index in [0.29, 0.717) is 19.3 Å². The van der Waals surface area contributed by atoms with Crippen LogP contribution in [0.2, 0.25) is 0 Å². The van der Waals surface area contributed by atoms with Crippen LogP contribution in [0.15, 0.2) is 0 Å². The number of carbonyl (C=O) groups excluding carboxylic acids is 3. The second kappa shape index (κ2) is 12.2. The van der Waals surface area contributed by atoms with Gasteiger partial charge in [0.15, 0.2) is 0 Å². The van der Waals surface area contributed by atoms with E-state index in [1.165, 1.54) is 14.0 Å². The van der Waals surface area contributed by atoms with Gasteiger partial charge in [0.05, 0.1) is 13.7 Å². The van der Waals surface area contributed by atoms with E-state index in [0.717, 1.165) is 0 Å². The summed E-state index contributed by atoms with van der Waals surface area (Å²) < 4.78 is 4.47. The largest absolute Gasteiger partial charge is 0.467 e. The molecule has 0 bridgehead atoms. The van der Waals surface area contributed by atoms with E-state index < -0.39 is 17.1 Å². The molecule has 0 aliphatic carbocycles. The first kappa shape index (κ1) is 20.6. The van der Waals surface area contributed by atoms with Gasteiger partial charge in [0, 0.05) is 19.4 Å². The summed E-state index contributed by atoms with van der Waals surface area (Å²) in [4.78, 5) is 48.1. The first-order valence-corrected chi connectivity index (χ1v) is 7.28. The third kappa shape index (κ3) is 11.9. The molecule has 0 saturated heterocycles. The predicted molar refractivity (Wildman–Crippen MR) is 78.7 cm³/mol. The molecule has 0 aromatic carbocycles. The summed E-state index contributed by atoms with van der Waals surface area (Å²) in [6.45, 7) is 1.70. The van der Waals surface area contributed by atoms with Gasteiger partial charge in [-0.25, -0.2) is 4.79 Å². The SMILES string of the molecule is COC(=O)C(C)NC(=O)CCNC(=O)CCCCCO[N+](=O)[O-]. The van der Waals surface area contributed by atoms with Gasteiger partial charge in [0.2, 0.25) is 11.8 Å². The van der Waals surface area contributed by atoms with Crippen LogP contribution in [0.3, 0.4) is 0 Å². The van der Waals surface area contributed by atoms with E-state index >= 15 is 0 Å². The van der Waals surface area contributed by atoms with E-state index in [9.17, 15) is 24.5 Å². The summed E-state index contributed by atoms with van der Waals surface area (Å²) in [5, 5.41) is 14.1. The third-order valence-corrected chi connectivity index (χ3v) is 2.85. The number of unbranched alkanes of at least 4 members (excludes halogenated alkanes) is 2. The van der Waals surface area contributed by atoms with Crippen LogP contribution in [0.25, 0.3) is 0 Å². The minimum atomic E-state index is -0.848. The normalized spacial score (nSPS) is 11.2. The number of hydrogen-bond acceptors (Lipinski definition) is 7. The molecular formula is C13H23N3O7. The highest BCUT2D eigenvalue weighted by Crippen LogP contribution is 2.00. The van der Waals surface area contributed by atoms with Gasteiger partial charge >= 0.3 is 5.97 Å². The van der Waals surface area contributed by atoms with Crippen LogP contribution < -0.4 is 10.6 Å². The van der Waals surface area contributed by atoms with Crippen LogP contribution in [0.5, 0.6) is 0 Å². The zero-order valence-corrected chi connectivity index (χ0v) is 13.3. The van der Waals surface area contributed by atoms with E-state index in [4.69, 9.17) is 0 Å². The van der Waals surface area contributed by atoms with Crippen LogP contribution >= 0.6 is 0 Å². The maximum Gasteiger partial charge on any atom is 0.328 e. The Morgan fingerprint density at radius 2 is 1.83 bits per heavy atom. The van der Waals surface area contributed by atoms with Gasteiger partial charge in [-0.3, -0.25) is 9.59 Å². The number of nitrogens with zero attached hydrogens (tertiary/aromatic N) is 1. The van der Waals surface area contributed by atoms with Crippen LogP contribution in [-0.2, 0) is 24.0 Å². The van der Waals surface area contributed by atoms with Crippen LogP contribution in [0.1, 0.15) is 39.0 Å². The Kier molecular flexibility index (Phi) is 10.9. The van der Waals surface area contributed by atoms with Gasteiger partial charge in [-0.05, 0) is 19.8 Å². The number of rotatable bonds is 12. The molecule has 0 spiro atoms. The minimum Gasteiger partial charge on any atom is -0.467 e. The molecule has 0 fully saturated rings. The van der Waals surface area contributed by atoms with Crippen molar-refractivity contribution < 1.29 is 29.0 Å². The van der Waals surface area contributed by atoms with E-state index in [1.54, 1.807) is 0 Å². The molecule has 0 radical (unpaired) electrons. The first-order chi connectivity index (χ1) is 10.9. The van der Waals surface area contributed by atoms with Crippen molar-refractivity contribution in [3.63, 3.8) is 0 Å². The molecule has 132 valence electrons. The Bertz CT molecular complexity index is 414. The molecule has 0 saturated carbocycles. The molecular weight excluding hydrogens is 310 g/mol. The molecule has 10 heteroatoms. The molecule has 0 aromatic rings. The highest BCUT2D eigenvalue weighted by molar-refractivity contribution is 5.84. The molecule has 0 rings (SSSR count). The molecule has 0 aliphatic rings. The molecule has 1 atom stereocenters. The Labute approximate surface area is 134 Å². The molecule has 2 N–H and O–H groups in total. The van der Waals surface area contributed by atoms with E-state index in [1.807, 2.05) is 0 Å². The average Bonchev–Trinajstić information content (AvgIpc) is 2.49. The first-order valence-electron chi connectivity index (χ1n) is 7.28. The zero-order chi connectivity index (χ0) is 17.7. The highest BCUT2D eigenvalue weighted by Gasteiger charge is 2.15. The lowest BCUT2D eigenvalue weighted by Gasteiger charge is -2.11. The molecule has 0 aromatic heterocycles. The number of methoxy groups -OCH3 is 1. The standard InChI is InChI=1S/C13H23N3O7/c1-10(13(19)22-2)15-12(18)7-8-14-11(17)6-4-3-5-9-23-16(20)21/h10H,3-9H2,1-2H3,(H,14,17)(H,15,18). The van der Waals surface area contributed by atoms with Gasteiger partial charge in [-0.2, -0.15) is 0 Å². The summed E-state index contributed by atoms with van der Waals surface area (Å²) in [6.07, 6.45) is 2.06. The van der Waals surface area contributed by atoms with Crippen LogP contribution in [-0.4, -0.2) is 49.2 Å². The minimum absolute atomic E-state index is 0.0210. The van der Waals surface area contributed by atoms with Crippen molar-refractivity contribution in [3.8, 4) is 0 Å². The summed E-state index contributed by atoms with van der Waals surface area (Å²) in [7, 11) is 1.23. The van der Waals surface area contributed by atoms with Crippen molar-refractivity contribution in [2.24, 2.45) is 0 Å². The van der Waals surface area contributed by atoms with E-state index in [2.05, 4.69) is 20.2 Å². The topological polar surface area (TPSA) is 137 Å². The lowest BCUT2D eigenvalue weighted by Crippen LogP contribution is -2.40. The number of amides is 2. The number of carbonyl (C=O) groups is 3. The van der Waals surface area contributed by atoms with Gasteiger partial charge in [0.1, 0.15) is 6.04 Å². The summed E-state index contributed by atoms with van der Waals surface area (Å²) in [5.74, 6) is -1.10. The Balaban J connectivity index is 3.61. The monoisotopic (exact) mass is 333 g/mol. The van der Waals surface area contributed by atoms with Crippen molar-refractivity contribution in [3.05, 3.63) is 10.1 Å². The summed E-state index contributed by atoms with van der Waals surface area (Å²) >= 11 is 0. The van der Waals surface area contributed by atoms with Crippen molar-refractivity contribution in [2.75, 3.05) is 20.3 Å². The Morgan fingerprint density at radius 3 is 2.43 bits per heavy atom. The zero-order valence-electron chi connectivity index (χ0n) is 13.3. The lowest BCUT2D eigenvalue weighted by atomic mass is 10.2. The van der Waals surface area contributed by atoms with Gasteiger partial charge in [0.25, 0.3) is 5.09 Å². The second-order valence-electron chi connectivity index (χ2n) is 4.78. The quantitative estimate of drug-likeness (QED) is 0.221. The summed E-state index contributed by atoms with van der Waals surface area (Å²) in [5.41, 5.74) is 0. The molecule has 23 heavy (non-hydrogen) atoms. The maximum absolute atomic E-state index is 11.5.